The van der Waals surface area contributed by atoms with Crippen molar-refractivity contribution < 1.29 is 9.08 Å². The molecule has 0 saturated carbocycles. The maximum absolute atomic E-state index is 11.0. The van der Waals surface area contributed by atoms with Crippen molar-refractivity contribution in [3.63, 3.8) is 0 Å². The summed E-state index contributed by atoms with van der Waals surface area (Å²) in [4.78, 5) is 15.0. The number of carbonyl (C=O) groups is 1. The van der Waals surface area contributed by atoms with E-state index in [1.54, 1.807) is 17.8 Å². The normalized spacial score (nSPS) is 10.8. The molecule has 0 amide bonds. The first kappa shape index (κ1) is 10.8. The molecule has 0 spiro atoms. The van der Waals surface area contributed by atoms with Crippen LogP contribution in [0.5, 0.6) is 0 Å². The number of aryl methyl sites for hydroxylation is 1. The number of carbonyl (C=O) groups excluding carboxylic acids is 1. The predicted molar refractivity (Wildman–Crippen MR) is 53.8 cm³/mol. The van der Waals surface area contributed by atoms with Gasteiger partial charge in [-0.25, -0.2) is 9.78 Å². The number of imidazole rings is 1. The molecule has 1 aromatic rings. The molecular weight excluding hydrogens is 204 g/mol. The third kappa shape index (κ3) is 2.35. The molecule has 0 unspecified atom stereocenters. The molecule has 76 valence electrons. The number of halogens is 1. The number of aromatic nitrogens is 2. The highest BCUT2D eigenvalue weighted by Crippen LogP contribution is 2.06. The van der Waals surface area contributed by atoms with Crippen LogP contribution in [0.3, 0.4) is 0 Å². The second kappa shape index (κ2) is 4.81. The van der Waals surface area contributed by atoms with Crippen molar-refractivity contribution >= 4 is 23.9 Å². The average Bonchev–Trinajstić information content (AvgIpc) is 2.56. The minimum atomic E-state index is -0.640. The van der Waals surface area contributed by atoms with E-state index in [9.17, 15) is 4.79 Å². The molecule has 0 aliphatic rings. The fraction of sp³-hybridized carbons (Fsp3) is 0.333. The Balaban J connectivity index is 2.93. The van der Waals surface area contributed by atoms with Gasteiger partial charge in [0, 0.05) is 13.2 Å². The highest BCUT2D eigenvalue weighted by Gasteiger charge is 2.11. The average molecular weight is 215 g/mol. The van der Waals surface area contributed by atoms with Gasteiger partial charge in [-0.15, -0.1) is 0 Å². The van der Waals surface area contributed by atoms with Crippen molar-refractivity contribution in [2.75, 3.05) is 0 Å². The maximum atomic E-state index is 11.0. The lowest BCUT2D eigenvalue weighted by Gasteiger charge is -1.91. The van der Waals surface area contributed by atoms with E-state index in [1.165, 1.54) is 0 Å². The van der Waals surface area contributed by atoms with Gasteiger partial charge in [0.2, 0.25) is 0 Å². The molecule has 14 heavy (non-hydrogen) atoms. The highest BCUT2D eigenvalue weighted by molar-refractivity contribution is 6.15. The van der Waals surface area contributed by atoms with E-state index in [2.05, 4.69) is 9.27 Å². The SMILES string of the molecule is CC/C=C\c1nc(C(=O)OCl)cn1C. The molecule has 4 nitrogen and oxygen atoms in total. The van der Waals surface area contributed by atoms with Crippen molar-refractivity contribution in [2.45, 2.75) is 13.3 Å². The van der Waals surface area contributed by atoms with E-state index < -0.39 is 5.97 Å². The van der Waals surface area contributed by atoms with Crippen molar-refractivity contribution in [1.82, 2.24) is 9.55 Å². The van der Waals surface area contributed by atoms with Crippen molar-refractivity contribution in [3.05, 3.63) is 23.8 Å². The van der Waals surface area contributed by atoms with Crippen LogP contribution in [0.1, 0.15) is 29.7 Å². The zero-order valence-corrected chi connectivity index (χ0v) is 8.78. The number of nitrogens with zero attached hydrogens (tertiary/aromatic N) is 2. The van der Waals surface area contributed by atoms with Crippen LogP contribution in [0.4, 0.5) is 0 Å². The van der Waals surface area contributed by atoms with Crippen LogP contribution in [-0.4, -0.2) is 15.5 Å². The minimum Gasteiger partial charge on any atom is -0.342 e. The summed E-state index contributed by atoms with van der Waals surface area (Å²) in [7, 11) is 1.80. The van der Waals surface area contributed by atoms with Crippen LogP contribution in [-0.2, 0) is 11.3 Å². The molecule has 0 saturated heterocycles. The third-order valence-corrected chi connectivity index (χ3v) is 1.83. The number of allylic oxidation sites excluding steroid dienone is 1. The Morgan fingerprint density at radius 1 is 1.79 bits per heavy atom. The van der Waals surface area contributed by atoms with Gasteiger partial charge in [-0.3, -0.25) is 0 Å². The summed E-state index contributed by atoms with van der Waals surface area (Å²) < 4.78 is 5.77. The lowest BCUT2D eigenvalue weighted by molar-refractivity contribution is 0.0745. The van der Waals surface area contributed by atoms with Crippen LogP contribution in [0.25, 0.3) is 6.08 Å². The van der Waals surface area contributed by atoms with Crippen LogP contribution in [0.2, 0.25) is 0 Å². The van der Waals surface area contributed by atoms with Gasteiger partial charge < -0.3 is 8.86 Å². The van der Waals surface area contributed by atoms with E-state index in [-0.39, 0.29) is 5.69 Å². The van der Waals surface area contributed by atoms with Crippen molar-refractivity contribution in [3.8, 4) is 0 Å². The van der Waals surface area contributed by atoms with Gasteiger partial charge in [-0.05, 0) is 12.5 Å². The lowest BCUT2D eigenvalue weighted by atomic mass is 10.4. The van der Waals surface area contributed by atoms with E-state index in [0.29, 0.717) is 5.82 Å². The second-order valence-electron chi connectivity index (χ2n) is 2.77. The van der Waals surface area contributed by atoms with Gasteiger partial charge in [-0.2, -0.15) is 0 Å². The molecule has 1 heterocycles. The summed E-state index contributed by atoms with van der Waals surface area (Å²) >= 11 is 4.94. The largest absolute Gasteiger partial charge is 0.376 e. The Bertz CT molecular complexity index is 358. The molecule has 5 heteroatoms. The summed E-state index contributed by atoms with van der Waals surface area (Å²) in [6, 6.07) is 0. The first-order valence-electron chi connectivity index (χ1n) is 4.21. The smallest absolute Gasteiger partial charge is 0.342 e. The monoisotopic (exact) mass is 214 g/mol. The second-order valence-corrected chi connectivity index (χ2v) is 2.92. The van der Waals surface area contributed by atoms with Crippen molar-refractivity contribution in [1.29, 1.82) is 0 Å². The van der Waals surface area contributed by atoms with Gasteiger partial charge >= 0.3 is 5.97 Å². The summed E-state index contributed by atoms with van der Waals surface area (Å²) in [6.07, 6.45) is 6.28. The van der Waals surface area contributed by atoms with E-state index in [1.807, 2.05) is 19.1 Å². The van der Waals surface area contributed by atoms with E-state index in [4.69, 9.17) is 11.9 Å². The standard InChI is InChI=1S/C9H11ClN2O2/c1-3-4-5-8-11-7(6-12(8)2)9(13)14-10/h4-6H,3H2,1-2H3/b5-4-. The number of rotatable bonds is 3. The lowest BCUT2D eigenvalue weighted by Crippen LogP contribution is -1.97. The van der Waals surface area contributed by atoms with Crippen LogP contribution in [0, 0.1) is 0 Å². The first-order chi connectivity index (χ1) is 6.69. The maximum Gasteiger partial charge on any atom is 0.376 e. The highest BCUT2D eigenvalue weighted by atomic mass is 35.5. The molecule has 0 fully saturated rings. The Hall–Kier alpha value is -1.29. The molecule has 0 aliphatic carbocycles. The number of hydrogen-bond donors (Lipinski definition) is 0. The Morgan fingerprint density at radius 3 is 3.07 bits per heavy atom. The minimum absolute atomic E-state index is 0.207. The molecule has 0 aliphatic heterocycles. The molecular formula is C9H11ClN2O2. The van der Waals surface area contributed by atoms with E-state index >= 15 is 0 Å². The zero-order valence-electron chi connectivity index (χ0n) is 8.03. The molecule has 1 aromatic heterocycles. The Morgan fingerprint density at radius 2 is 2.50 bits per heavy atom. The summed E-state index contributed by atoms with van der Waals surface area (Å²) in [6.45, 7) is 2.02. The number of hydrogen-bond acceptors (Lipinski definition) is 3. The Kier molecular flexibility index (Phi) is 3.71. The van der Waals surface area contributed by atoms with Gasteiger partial charge in [0.1, 0.15) is 17.7 Å². The van der Waals surface area contributed by atoms with Crippen LogP contribution < -0.4 is 0 Å². The molecule has 0 radical (unpaired) electrons. The van der Waals surface area contributed by atoms with Crippen molar-refractivity contribution in [2.24, 2.45) is 7.05 Å². The van der Waals surface area contributed by atoms with Gasteiger partial charge in [-0.1, -0.05) is 13.0 Å². The van der Waals surface area contributed by atoms with Gasteiger partial charge in [0.05, 0.1) is 0 Å². The topological polar surface area (TPSA) is 44.1 Å². The van der Waals surface area contributed by atoms with Crippen LogP contribution >= 0.6 is 11.9 Å². The summed E-state index contributed by atoms with van der Waals surface area (Å²) in [5.41, 5.74) is 0.207. The summed E-state index contributed by atoms with van der Waals surface area (Å²) in [5.74, 6) is 0.0577. The van der Waals surface area contributed by atoms with Gasteiger partial charge in [0.25, 0.3) is 0 Å². The molecule has 0 atom stereocenters. The fourth-order valence-corrected chi connectivity index (χ4v) is 1.08. The summed E-state index contributed by atoms with van der Waals surface area (Å²) in [5, 5.41) is 0. The fourth-order valence-electron chi connectivity index (χ4n) is 0.997. The molecule has 0 aromatic carbocycles. The predicted octanol–water partition coefficient (Wildman–Crippen LogP) is 2.15. The third-order valence-electron chi connectivity index (χ3n) is 1.69. The zero-order chi connectivity index (χ0) is 10.6. The van der Waals surface area contributed by atoms with Gasteiger partial charge in [0.15, 0.2) is 5.69 Å². The molecule has 1 rings (SSSR count). The Labute approximate surface area is 87.3 Å². The molecule has 0 bridgehead atoms. The first-order valence-corrected chi connectivity index (χ1v) is 4.52. The molecule has 0 N–H and O–H groups in total. The quantitative estimate of drug-likeness (QED) is 0.775. The van der Waals surface area contributed by atoms with E-state index in [0.717, 1.165) is 6.42 Å². The van der Waals surface area contributed by atoms with Crippen LogP contribution in [0.15, 0.2) is 12.3 Å².